The number of carboxylic acids is 2. The Morgan fingerprint density at radius 3 is 2.10 bits per heavy atom. The molecule has 0 aromatic heterocycles. The largest absolute Gasteiger partial charge is 0.484 e. The molecule has 0 aliphatic heterocycles. The summed E-state index contributed by atoms with van der Waals surface area (Å²) in [5, 5.41) is 21.4. The highest BCUT2D eigenvalue weighted by Gasteiger charge is 2.20. The van der Waals surface area contributed by atoms with Gasteiger partial charge in [-0.2, -0.15) is 0 Å². The van der Waals surface area contributed by atoms with E-state index in [1.54, 1.807) is 48.5 Å². The Bertz CT molecular complexity index is 1670. The van der Waals surface area contributed by atoms with Crippen LogP contribution in [-0.4, -0.2) is 43.1 Å². The Morgan fingerprint density at radius 1 is 0.732 bits per heavy atom. The molecule has 0 spiro atoms. The van der Waals surface area contributed by atoms with Crippen LogP contribution in [0.4, 0.5) is 5.69 Å². The van der Waals surface area contributed by atoms with E-state index >= 15 is 0 Å². The molecule has 210 valence electrons. The monoisotopic (exact) mass is 576 g/mol. The Hall–Kier alpha value is -5.36. The third-order valence-electron chi connectivity index (χ3n) is 5.61. The summed E-state index contributed by atoms with van der Waals surface area (Å²) in [5.74, 6) is -1.86. The number of hydrogen-bond acceptors (Lipinski definition) is 7. The lowest BCUT2D eigenvalue weighted by Crippen LogP contribution is -2.28. The van der Waals surface area contributed by atoms with E-state index in [0.29, 0.717) is 17.1 Å². The highest BCUT2D eigenvalue weighted by Crippen LogP contribution is 2.29. The zero-order chi connectivity index (χ0) is 29.4. The Morgan fingerprint density at radius 2 is 1.41 bits per heavy atom. The highest BCUT2D eigenvalue weighted by atomic mass is 32.2. The van der Waals surface area contributed by atoms with Crippen molar-refractivity contribution in [2.45, 2.75) is 11.4 Å². The summed E-state index contributed by atoms with van der Waals surface area (Å²) in [6, 6.07) is 24.0. The summed E-state index contributed by atoms with van der Waals surface area (Å²) in [6.07, 6.45) is 0. The van der Waals surface area contributed by atoms with Crippen LogP contribution in [0.5, 0.6) is 17.2 Å². The summed E-state index contributed by atoms with van der Waals surface area (Å²) in [4.78, 5) is 34.8. The molecule has 4 aromatic carbocycles. The van der Waals surface area contributed by atoms with Gasteiger partial charge in [0.1, 0.15) is 17.2 Å². The Kier molecular flexibility index (Phi) is 8.85. The van der Waals surface area contributed by atoms with Crippen LogP contribution in [0, 0.1) is 0 Å². The first-order valence-electron chi connectivity index (χ1n) is 12.1. The first kappa shape index (κ1) is 28.6. The lowest BCUT2D eigenvalue weighted by Gasteiger charge is -2.13. The molecule has 0 heterocycles. The van der Waals surface area contributed by atoms with Crippen molar-refractivity contribution in [2.24, 2.45) is 0 Å². The zero-order valence-electron chi connectivity index (χ0n) is 21.3. The molecule has 4 N–H and O–H groups in total. The van der Waals surface area contributed by atoms with Crippen molar-refractivity contribution >= 4 is 33.6 Å². The van der Waals surface area contributed by atoms with Gasteiger partial charge in [-0.15, -0.1) is 0 Å². The number of sulfonamides is 1. The van der Waals surface area contributed by atoms with Crippen LogP contribution in [0.15, 0.2) is 102 Å². The number of para-hydroxylation sites is 1. The van der Waals surface area contributed by atoms with Crippen LogP contribution in [0.3, 0.4) is 0 Å². The predicted molar refractivity (Wildman–Crippen MR) is 148 cm³/mol. The standard InChI is InChI=1S/C29H24N2O9S/c32-27(18-39-21-6-2-1-3-7-21)30-17-19-5-4-8-22(15-19)40-23-11-14-26(25(16-23)29(35)36)31-41(37,38)24-12-9-20(10-13-24)28(33)34/h1-16,31H,17-18H2,(H,30,32)(H,33,34)(H,35,36). The third-order valence-corrected chi connectivity index (χ3v) is 7.00. The maximum Gasteiger partial charge on any atom is 0.337 e. The first-order valence-corrected chi connectivity index (χ1v) is 13.5. The molecule has 4 rings (SSSR count). The van der Waals surface area contributed by atoms with E-state index < -0.39 is 22.0 Å². The molecular formula is C29H24N2O9S. The average Bonchev–Trinajstić information content (AvgIpc) is 2.96. The maximum atomic E-state index is 12.8. The smallest absolute Gasteiger partial charge is 0.337 e. The van der Waals surface area contributed by atoms with Crippen molar-refractivity contribution in [2.75, 3.05) is 11.3 Å². The van der Waals surface area contributed by atoms with E-state index in [2.05, 4.69) is 10.0 Å². The minimum Gasteiger partial charge on any atom is -0.484 e. The minimum atomic E-state index is -4.21. The van der Waals surface area contributed by atoms with E-state index in [1.807, 2.05) is 6.07 Å². The molecule has 0 radical (unpaired) electrons. The summed E-state index contributed by atoms with van der Waals surface area (Å²) in [5.41, 5.74) is 0.0453. The number of amides is 1. The van der Waals surface area contributed by atoms with Crippen LogP contribution in [0.2, 0.25) is 0 Å². The van der Waals surface area contributed by atoms with Crippen molar-refractivity contribution in [1.82, 2.24) is 5.32 Å². The number of carbonyl (C=O) groups excluding carboxylic acids is 1. The van der Waals surface area contributed by atoms with Crippen molar-refractivity contribution in [3.8, 4) is 17.2 Å². The van der Waals surface area contributed by atoms with Crippen molar-refractivity contribution in [3.05, 3.63) is 114 Å². The number of anilines is 1. The van der Waals surface area contributed by atoms with Crippen LogP contribution in [0.25, 0.3) is 0 Å². The number of hydrogen-bond donors (Lipinski definition) is 4. The summed E-state index contributed by atoms with van der Waals surface area (Å²) in [7, 11) is -4.21. The van der Waals surface area contributed by atoms with Crippen LogP contribution < -0.4 is 19.5 Å². The second-order valence-electron chi connectivity index (χ2n) is 8.58. The highest BCUT2D eigenvalue weighted by molar-refractivity contribution is 7.92. The van der Waals surface area contributed by atoms with Gasteiger partial charge in [0, 0.05) is 6.54 Å². The molecule has 0 saturated heterocycles. The quantitative estimate of drug-likeness (QED) is 0.191. The van der Waals surface area contributed by atoms with Crippen LogP contribution in [-0.2, 0) is 21.4 Å². The molecule has 0 saturated carbocycles. The molecule has 4 aromatic rings. The Labute approximate surface area is 235 Å². The molecule has 11 nitrogen and oxygen atoms in total. The SMILES string of the molecule is O=C(COc1ccccc1)NCc1cccc(Oc2ccc(NS(=O)(=O)c3ccc(C(=O)O)cc3)c(C(=O)O)c2)c1. The zero-order valence-corrected chi connectivity index (χ0v) is 22.1. The molecule has 0 fully saturated rings. The number of rotatable bonds is 12. The van der Waals surface area contributed by atoms with Crippen molar-refractivity contribution < 1.29 is 42.5 Å². The fourth-order valence-electron chi connectivity index (χ4n) is 3.61. The van der Waals surface area contributed by atoms with Gasteiger partial charge in [0.15, 0.2) is 6.61 Å². The molecular weight excluding hydrogens is 552 g/mol. The summed E-state index contributed by atoms with van der Waals surface area (Å²) in [6.45, 7) is 0.0463. The van der Waals surface area contributed by atoms with Gasteiger partial charge in [-0.3, -0.25) is 9.52 Å². The molecule has 0 aliphatic rings. The van der Waals surface area contributed by atoms with E-state index in [9.17, 15) is 27.9 Å². The number of carbonyl (C=O) groups is 3. The molecule has 1 amide bonds. The third kappa shape index (κ3) is 7.83. The fraction of sp³-hybridized carbons (Fsp3) is 0.0690. The molecule has 0 aliphatic carbocycles. The second-order valence-corrected chi connectivity index (χ2v) is 10.3. The number of benzene rings is 4. The normalized spacial score (nSPS) is 10.8. The van der Waals surface area contributed by atoms with Gasteiger partial charge >= 0.3 is 11.9 Å². The van der Waals surface area contributed by atoms with E-state index in [4.69, 9.17) is 14.6 Å². The molecule has 0 atom stereocenters. The molecule has 0 bridgehead atoms. The molecule has 41 heavy (non-hydrogen) atoms. The van der Waals surface area contributed by atoms with E-state index in [0.717, 1.165) is 24.3 Å². The fourth-order valence-corrected chi connectivity index (χ4v) is 4.69. The van der Waals surface area contributed by atoms with E-state index in [1.165, 1.54) is 18.2 Å². The lowest BCUT2D eigenvalue weighted by atomic mass is 10.1. The summed E-state index contributed by atoms with van der Waals surface area (Å²) >= 11 is 0. The summed E-state index contributed by atoms with van der Waals surface area (Å²) < 4.78 is 39.0. The molecule has 0 unspecified atom stereocenters. The topological polar surface area (TPSA) is 168 Å². The van der Waals surface area contributed by atoms with Crippen LogP contribution >= 0.6 is 0 Å². The van der Waals surface area contributed by atoms with Gasteiger partial charge in [-0.1, -0.05) is 30.3 Å². The van der Waals surface area contributed by atoms with Gasteiger partial charge in [0.2, 0.25) is 0 Å². The van der Waals surface area contributed by atoms with Crippen molar-refractivity contribution in [3.63, 3.8) is 0 Å². The van der Waals surface area contributed by atoms with Crippen molar-refractivity contribution in [1.29, 1.82) is 0 Å². The van der Waals surface area contributed by atoms with Gasteiger partial charge < -0.3 is 25.0 Å². The second kappa shape index (κ2) is 12.7. The number of ether oxygens (including phenoxy) is 2. The predicted octanol–water partition coefficient (Wildman–Crippen LogP) is 4.37. The van der Waals surface area contributed by atoms with Gasteiger partial charge in [0.25, 0.3) is 15.9 Å². The lowest BCUT2D eigenvalue weighted by molar-refractivity contribution is -0.123. The number of carboxylic acid groups (broad SMARTS) is 2. The van der Waals surface area contributed by atoms with Gasteiger partial charge in [-0.25, -0.2) is 18.0 Å². The number of aromatic carboxylic acids is 2. The average molecular weight is 577 g/mol. The molecule has 12 heteroatoms. The number of nitrogens with one attached hydrogen (secondary N) is 2. The minimum absolute atomic E-state index is 0.0970. The van der Waals surface area contributed by atoms with Crippen LogP contribution in [0.1, 0.15) is 26.3 Å². The van der Waals surface area contributed by atoms with E-state index in [-0.39, 0.29) is 46.5 Å². The Balaban J connectivity index is 1.41. The first-order chi connectivity index (χ1) is 19.6. The van der Waals surface area contributed by atoms with Gasteiger partial charge in [-0.05, 0) is 72.3 Å². The maximum absolute atomic E-state index is 12.8. The van der Waals surface area contributed by atoms with Gasteiger partial charge in [0.05, 0.1) is 21.7 Å².